The van der Waals surface area contributed by atoms with Crippen molar-refractivity contribution < 1.29 is 13.3 Å². The fourth-order valence-electron chi connectivity index (χ4n) is 1.41. The van der Waals surface area contributed by atoms with Gasteiger partial charge < -0.3 is 4.84 Å². The standard InChI is InChI=1S/C9H13NO3S/c1-6-4-7(2)9(8(3)5-6)13-10-14(11)12/h4-5,14H,1-3H3,(H,10,11,12). The van der Waals surface area contributed by atoms with Crippen molar-refractivity contribution in [3.63, 3.8) is 0 Å². The van der Waals surface area contributed by atoms with Gasteiger partial charge in [0.05, 0.1) is 0 Å². The van der Waals surface area contributed by atoms with Crippen LogP contribution in [-0.2, 0) is 10.9 Å². The van der Waals surface area contributed by atoms with Crippen LogP contribution in [-0.4, -0.2) is 8.42 Å². The zero-order valence-electron chi connectivity index (χ0n) is 8.33. The highest BCUT2D eigenvalue weighted by atomic mass is 32.2. The second-order valence-corrected chi connectivity index (χ2v) is 3.88. The summed E-state index contributed by atoms with van der Waals surface area (Å²) in [5, 5.41) is 0. The van der Waals surface area contributed by atoms with Gasteiger partial charge in [0, 0.05) is 0 Å². The molecule has 14 heavy (non-hydrogen) atoms. The Morgan fingerprint density at radius 2 is 1.64 bits per heavy atom. The van der Waals surface area contributed by atoms with E-state index in [0.717, 1.165) is 16.7 Å². The Bertz CT molecular complexity index is 382. The molecule has 0 heterocycles. The molecule has 0 aliphatic carbocycles. The molecule has 0 aromatic heterocycles. The molecule has 0 amide bonds. The number of nitrogens with one attached hydrogen (secondary N) is 1. The summed E-state index contributed by atoms with van der Waals surface area (Å²) < 4.78 is 20.5. The Morgan fingerprint density at radius 1 is 1.14 bits per heavy atom. The second-order valence-electron chi connectivity index (χ2n) is 3.18. The maximum Gasteiger partial charge on any atom is 0.232 e. The van der Waals surface area contributed by atoms with E-state index in [-0.39, 0.29) is 0 Å². The zero-order chi connectivity index (χ0) is 10.7. The number of benzene rings is 1. The molecule has 0 fully saturated rings. The average Bonchev–Trinajstić information content (AvgIpc) is 2.01. The fourth-order valence-corrected chi connectivity index (χ4v) is 1.58. The van der Waals surface area contributed by atoms with Gasteiger partial charge in [-0.2, -0.15) is 0 Å². The van der Waals surface area contributed by atoms with Crippen LogP contribution in [0.2, 0.25) is 0 Å². The molecule has 0 saturated heterocycles. The van der Waals surface area contributed by atoms with Crippen molar-refractivity contribution in [1.29, 1.82) is 0 Å². The van der Waals surface area contributed by atoms with Crippen LogP contribution < -0.4 is 9.72 Å². The number of rotatable bonds is 3. The lowest BCUT2D eigenvalue weighted by molar-refractivity contribution is 0.270. The van der Waals surface area contributed by atoms with Gasteiger partial charge in [-0.15, -0.1) is 0 Å². The van der Waals surface area contributed by atoms with Crippen molar-refractivity contribution >= 4 is 10.9 Å². The van der Waals surface area contributed by atoms with E-state index < -0.39 is 10.9 Å². The molecular formula is C9H13NO3S. The molecule has 0 unspecified atom stereocenters. The van der Waals surface area contributed by atoms with E-state index in [0.29, 0.717) is 5.75 Å². The molecule has 0 atom stereocenters. The number of thiol groups is 1. The molecule has 0 spiro atoms. The summed E-state index contributed by atoms with van der Waals surface area (Å²) in [7, 11) is -2.73. The van der Waals surface area contributed by atoms with Crippen molar-refractivity contribution in [3.8, 4) is 5.75 Å². The van der Waals surface area contributed by atoms with Crippen LogP contribution in [0, 0.1) is 20.8 Å². The van der Waals surface area contributed by atoms with Crippen LogP contribution in [0.3, 0.4) is 0 Å². The maximum absolute atomic E-state index is 10.3. The zero-order valence-corrected chi connectivity index (χ0v) is 9.22. The van der Waals surface area contributed by atoms with E-state index in [1.165, 1.54) is 0 Å². The van der Waals surface area contributed by atoms with Crippen LogP contribution >= 0.6 is 0 Å². The monoisotopic (exact) mass is 215 g/mol. The highest BCUT2D eigenvalue weighted by Gasteiger charge is 2.05. The lowest BCUT2D eigenvalue weighted by atomic mass is 10.1. The van der Waals surface area contributed by atoms with Crippen molar-refractivity contribution in [2.45, 2.75) is 20.8 Å². The molecule has 1 aromatic rings. The third-order valence-electron chi connectivity index (χ3n) is 1.83. The molecule has 0 aliphatic rings. The summed E-state index contributed by atoms with van der Waals surface area (Å²) in [6.07, 6.45) is 0. The van der Waals surface area contributed by atoms with Crippen molar-refractivity contribution in [1.82, 2.24) is 4.89 Å². The highest BCUT2D eigenvalue weighted by Crippen LogP contribution is 2.23. The molecule has 4 nitrogen and oxygen atoms in total. The van der Waals surface area contributed by atoms with Crippen molar-refractivity contribution in [2.75, 3.05) is 0 Å². The third kappa shape index (κ3) is 2.71. The van der Waals surface area contributed by atoms with E-state index in [2.05, 4.69) is 0 Å². The molecule has 0 bridgehead atoms. The minimum atomic E-state index is -2.73. The first-order chi connectivity index (χ1) is 6.50. The summed E-state index contributed by atoms with van der Waals surface area (Å²) in [6, 6.07) is 3.86. The molecule has 1 aromatic carbocycles. The van der Waals surface area contributed by atoms with Crippen LogP contribution in [0.4, 0.5) is 0 Å². The van der Waals surface area contributed by atoms with Gasteiger partial charge in [-0.3, -0.25) is 0 Å². The Morgan fingerprint density at radius 3 is 2.07 bits per heavy atom. The number of aryl methyl sites for hydroxylation is 3. The Hall–Kier alpha value is -1.07. The first-order valence-electron chi connectivity index (χ1n) is 4.15. The third-order valence-corrected chi connectivity index (χ3v) is 2.07. The Kier molecular flexibility index (Phi) is 3.49. The van der Waals surface area contributed by atoms with Gasteiger partial charge in [-0.25, -0.2) is 8.42 Å². The molecule has 78 valence electrons. The summed E-state index contributed by atoms with van der Waals surface area (Å²) in [5.41, 5.74) is 2.94. The molecule has 0 aliphatic heterocycles. The average molecular weight is 215 g/mol. The summed E-state index contributed by atoms with van der Waals surface area (Å²) >= 11 is 0. The topological polar surface area (TPSA) is 55.4 Å². The minimum Gasteiger partial charge on any atom is -0.394 e. The van der Waals surface area contributed by atoms with Gasteiger partial charge in [0.25, 0.3) is 0 Å². The summed E-state index contributed by atoms with van der Waals surface area (Å²) in [5.74, 6) is 0.565. The van der Waals surface area contributed by atoms with Crippen LogP contribution in [0.5, 0.6) is 5.75 Å². The highest BCUT2D eigenvalue weighted by molar-refractivity contribution is 7.70. The van der Waals surface area contributed by atoms with Crippen LogP contribution in [0.15, 0.2) is 12.1 Å². The molecule has 5 heteroatoms. The van der Waals surface area contributed by atoms with Crippen LogP contribution in [0.1, 0.15) is 16.7 Å². The van der Waals surface area contributed by atoms with E-state index in [9.17, 15) is 8.42 Å². The van der Waals surface area contributed by atoms with Gasteiger partial charge in [0.15, 0.2) is 5.75 Å². The van der Waals surface area contributed by atoms with Gasteiger partial charge in [-0.1, -0.05) is 17.7 Å². The lowest BCUT2D eigenvalue weighted by Gasteiger charge is -2.09. The predicted octanol–water partition coefficient (Wildman–Crippen LogP) is 1.02. The Balaban J connectivity index is 2.96. The summed E-state index contributed by atoms with van der Waals surface area (Å²) in [6.45, 7) is 5.72. The maximum atomic E-state index is 10.3. The lowest BCUT2D eigenvalue weighted by Crippen LogP contribution is -2.17. The van der Waals surface area contributed by atoms with Gasteiger partial charge in [-0.05, 0) is 36.8 Å². The quantitative estimate of drug-likeness (QED) is 0.584. The van der Waals surface area contributed by atoms with Crippen LogP contribution in [0.25, 0.3) is 0 Å². The molecule has 1 rings (SSSR count). The molecule has 0 radical (unpaired) electrons. The van der Waals surface area contributed by atoms with Gasteiger partial charge in [0.1, 0.15) is 0 Å². The number of hydrogen-bond donors (Lipinski definition) is 2. The largest absolute Gasteiger partial charge is 0.394 e. The second kappa shape index (κ2) is 4.43. The molecule has 1 N–H and O–H groups in total. The predicted molar refractivity (Wildman–Crippen MR) is 54.7 cm³/mol. The summed E-state index contributed by atoms with van der Waals surface area (Å²) in [4.78, 5) is 6.85. The van der Waals surface area contributed by atoms with E-state index >= 15 is 0 Å². The van der Waals surface area contributed by atoms with Crippen molar-refractivity contribution in [2.24, 2.45) is 0 Å². The normalized spacial score (nSPS) is 10.6. The molecular weight excluding hydrogens is 202 g/mol. The van der Waals surface area contributed by atoms with E-state index in [1.807, 2.05) is 37.8 Å². The molecule has 0 saturated carbocycles. The fraction of sp³-hybridized carbons (Fsp3) is 0.333. The van der Waals surface area contributed by atoms with E-state index in [1.54, 1.807) is 0 Å². The van der Waals surface area contributed by atoms with Gasteiger partial charge in [0.2, 0.25) is 10.9 Å². The van der Waals surface area contributed by atoms with E-state index in [4.69, 9.17) is 4.84 Å². The minimum absolute atomic E-state index is 0.565. The SMILES string of the molecule is Cc1cc(C)c(ON[SH](=O)=O)c(C)c1. The van der Waals surface area contributed by atoms with Gasteiger partial charge >= 0.3 is 0 Å². The first kappa shape index (κ1) is 11.0. The van der Waals surface area contributed by atoms with Crippen molar-refractivity contribution in [3.05, 3.63) is 28.8 Å². The smallest absolute Gasteiger partial charge is 0.232 e. The first-order valence-corrected chi connectivity index (χ1v) is 5.33. The Labute approximate surface area is 84.9 Å². The number of hydrogen-bond acceptors (Lipinski definition) is 3.